The summed E-state index contributed by atoms with van der Waals surface area (Å²) in [7, 11) is 5.10. The van der Waals surface area contributed by atoms with Gasteiger partial charge in [-0.1, -0.05) is 0 Å². The van der Waals surface area contributed by atoms with Crippen LogP contribution in [0.15, 0.2) is 0 Å². The van der Waals surface area contributed by atoms with E-state index in [2.05, 4.69) is 15.5 Å². The normalized spacial score (nSPS) is 29.0. The number of hydrogen-bond donors (Lipinski definition) is 2. The Morgan fingerprint density at radius 1 is 1.30 bits per heavy atom. The van der Waals surface area contributed by atoms with Crippen molar-refractivity contribution in [1.82, 2.24) is 25.3 Å². The lowest BCUT2D eigenvalue weighted by atomic mass is 10.1. The second-order valence-electron chi connectivity index (χ2n) is 6.17. The summed E-state index contributed by atoms with van der Waals surface area (Å²) in [5.74, 6) is 0.606. The molecule has 0 unspecified atom stereocenters. The zero-order valence-corrected chi connectivity index (χ0v) is 13.9. The Bertz CT molecular complexity index is 531. The number of fused-ring (bicyclic) bond motifs is 1. The predicted octanol–water partition coefficient (Wildman–Crippen LogP) is -2.27. The zero-order valence-electron chi connectivity index (χ0n) is 13.9. The van der Waals surface area contributed by atoms with Crippen LogP contribution >= 0.6 is 0 Å². The van der Waals surface area contributed by atoms with Crippen molar-refractivity contribution < 1.29 is 18.9 Å². The summed E-state index contributed by atoms with van der Waals surface area (Å²) < 4.78 is 7.22. The quantitative estimate of drug-likeness (QED) is 0.570. The van der Waals surface area contributed by atoms with Gasteiger partial charge in [-0.2, -0.15) is 0 Å². The summed E-state index contributed by atoms with van der Waals surface area (Å²) in [5, 5.41) is 6.60. The van der Waals surface area contributed by atoms with Crippen LogP contribution in [0, 0.1) is 0 Å². The molecule has 9 nitrogen and oxygen atoms in total. The Morgan fingerprint density at radius 3 is 2.70 bits per heavy atom. The van der Waals surface area contributed by atoms with Crippen LogP contribution in [0.5, 0.6) is 0 Å². The van der Waals surface area contributed by atoms with E-state index in [1.807, 2.05) is 11.6 Å². The number of rotatable bonds is 3. The van der Waals surface area contributed by atoms with E-state index in [0.29, 0.717) is 0 Å². The summed E-state index contributed by atoms with van der Waals surface area (Å²) in [6, 6.07) is -0.680. The van der Waals surface area contributed by atoms with Gasteiger partial charge in [0.15, 0.2) is 6.17 Å². The number of guanidine groups is 1. The van der Waals surface area contributed by atoms with E-state index in [0.717, 1.165) is 45.4 Å². The number of carbonyl (C=O) groups excluding carboxylic acids is 2. The van der Waals surface area contributed by atoms with Gasteiger partial charge in [-0.3, -0.25) is 34.7 Å². The van der Waals surface area contributed by atoms with Gasteiger partial charge in [-0.05, 0) is 0 Å². The van der Waals surface area contributed by atoms with Crippen molar-refractivity contribution >= 4 is 17.9 Å². The average molecular weight is 325 g/mol. The number of ether oxygens (including phenoxy) is 1. The third-order valence-electron chi connectivity index (χ3n) is 4.77. The van der Waals surface area contributed by atoms with Crippen molar-refractivity contribution in [2.45, 2.75) is 12.2 Å². The number of nitrogens with one attached hydrogen (secondary N) is 2. The average Bonchev–Trinajstić information content (AvgIpc) is 2.89. The lowest BCUT2D eigenvalue weighted by molar-refractivity contribution is -0.523. The lowest BCUT2D eigenvalue weighted by Gasteiger charge is -2.35. The number of nitrogens with zero attached hydrogens (tertiary/aromatic N) is 4. The van der Waals surface area contributed by atoms with Gasteiger partial charge in [-0.25, -0.2) is 4.79 Å². The molecular formula is C14H25N6O3+. The molecule has 23 heavy (non-hydrogen) atoms. The summed E-state index contributed by atoms with van der Waals surface area (Å²) in [6.07, 6.45) is -0.331. The minimum absolute atomic E-state index is 0.182. The number of likely N-dealkylation sites (N-methyl/N-ethyl adjacent to an activating group) is 3. The van der Waals surface area contributed by atoms with Crippen LogP contribution in [0.3, 0.4) is 0 Å². The number of amides is 3. The molecular weight excluding hydrogens is 300 g/mol. The molecule has 3 amide bonds. The van der Waals surface area contributed by atoms with E-state index >= 15 is 0 Å². The molecule has 128 valence electrons. The van der Waals surface area contributed by atoms with E-state index in [-0.39, 0.29) is 18.1 Å². The first-order chi connectivity index (χ1) is 11.0. The summed E-state index contributed by atoms with van der Waals surface area (Å²) >= 11 is 0. The third-order valence-corrected chi connectivity index (χ3v) is 4.77. The third kappa shape index (κ3) is 2.86. The van der Waals surface area contributed by atoms with Gasteiger partial charge in [-0.15, -0.1) is 0 Å². The van der Waals surface area contributed by atoms with Gasteiger partial charge in [0.1, 0.15) is 0 Å². The number of hydrogen-bond acceptors (Lipinski definition) is 6. The molecule has 0 saturated carbocycles. The van der Waals surface area contributed by atoms with Gasteiger partial charge in [0.05, 0.1) is 26.8 Å². The lowest BCUT2D eigenvalue weighted by Crippen LogP contribution is -2.65. The Morgan fingerprint density at radius 2 is 2.00 bits per heavy atom. The SMILES string of the molecule is CN1C(=O)[C@H]2[C@H](NC(NCCN3CCOCC3)=[N+]2C)N(C)C1=O. The second-order valence-corrected chi connectivity index (χ2v) is 6.17. The van der Waals surface area contributed by atoms with Crippen molar-refractivity contribution in [2.75, 3.05) is 60.5 Å². The highest BCUT2D eigenvalue weighted by Crippen LogP contribution is 2.18. The number of urea groups is 1. The smallest absolute Gasteiger partial charge is 0.348 e. The van der Waals surface area contributed by atoms with Gasteiger partial charge >= 0.3 is 12.0 Å². The molecule has 2 saturated heterocycles. The first-order valence-electron chi connectivity index (χ1n) is 7.95. The second kappa shape index (κ2) is 6.32. The number of morpholine rings is 1. The Hall–Kier alpha value is -1.87. The van der Waals surface area contributed by atoms with Crippen LogP contribution in [0.4, 0.5) is 4.79 Å². The Kier molecular flexibility index (Phi) is 4.40. The fraction of sp³-hybridized carbons (Fsp3) is 0.786. The van der Waals surface area contributed by atoms with Crippen LogP contribution in [-0.4, -0.2) is 110 Å². The number of carbonyl (C=O) groups is 2. The molecule has 2 N–H and O–H groups in total. The summed E-state index contributed by atoms with van der Waals surface area (Å²) in [5.41, 5.74) is 0. The molecule has 0 spiro atoms. The van der Waals surface area contributed by atoms with E-state index in [1.165, 1.54) is 11.9 Å². The minimum atomic E-state index is -0.395. The molecule has 0 bridgehead atoms. The number of imide groups is 1. The van der Waals surface area contributed by atoms with Gasteiger partial charge in [0.25, 0.3) is 5.91 Å². The molecule has 0 radical (unpaired) electrons. The molecule has 0 aromatic carbocycles. The summed E-state index contributed by atoms with van der Waals surface area (Å²) in [4.78, 5) is 29.5. The van der Waals surface area contributed by atoms with E-state index in [1.54, 1.807) is 11.9 Å². The largest absolute Gasteiger partial charge is 0.379 e. The summed E-state index contributed by atoms with van der Waals surface area (Å²) in [6.45, 7) is 5.16. The molecule has 0 aliphatic carbocycles. The molecule has 0 aromatic heterocycles. The maximum absolute atomic E-state index is 12.4. The van der Waals surface area contributed by atoms with Gasteiger partial charge in [0, 0.05) is 33.7 Å². The predicted molar refractivity (Wildman–Crippen MR) is 83.1 cm³/mol. The maximum Gasteiger partial charge on any atom is 0.348 e. The molecule has 3 aliphatic heterocycles. The topological polar surface area (TPSA) is 80.2 Å². The minimum Gasteiger partial charge on any atom is -0.379 e. The van der Waals surface area contributed by atoms with Crippen molar-refractivity contribution in [3.63, 3.8) is 0 Å². The Balaban J connectivity index is 1.61. The van der Waals surface area contributed by atoms with Crippen LogP contribution in [0.1, 0.15) is 0 Å². The van der Waals surface area contributed by atoms with E-state index < -0.39 is 6.04 Å². The molecule has 0 aromatic rings. The standard InChI is InChI=1S/C14H24N6O3/c1-17-10-11(18(2)14(22)19(3)12(10)21)16-13(17)15-4-5-20-6-8-23-9-7-20/h10-11H,4-9H2,1-3H3,(H,15,16)/p+1/t10-,11-/m1/s1. The highest BCUT2D eigenvalue weighted by molar-refractivity contribution is 6.01. The van der Waals surface area contributed by atoms with Crippen LogP contribution in [0.25, 0.3) is 0 Å². The fourth-order valence-corrected chi connectivity index (χ4v) is 3.26. The molecule has 2 fully saturated rings. The fourth-order valence-electron chi connectivity index (χ4n) is 3.26. The Labute approximate surface area is 135 Å². The first kappa shape index (κ1) is 16.0. The van der Waals surface area contributed by atoms with E-state index in [9.17, 15) is 9.59 Å². The maximum atomic E-state index is 12.4. The molecule has 3 rings (SSSR count). The van der Waals surface area contributed by atoms with E-state index in [4.69, 9.17) is 4.74 Å². The zero-order chi connectivity index (χ0) is 16.6. The van der Waals surface area contributed by atoms with Gasteiger partial charge < -0.3 is 4.74 Å². The van der Waals surface area contributed by atoms with Gasteiger partial charge in [0.2, 0.25) is 6.04 Å². The van der Waals surface area contributed by atoms with Crippen LogP contribution in [0.2, 0.25) is 0 Å². The molecule has 9 heteroatoms. The highest BCUT2D eigenvalue weighted by Gasteiger charge is 2.52. The monoisotopic (exact) mass is 325 g/mol. The van der Waals surface area contributed by atoms with Crippen molar-refractivity contribution in [3.05, 3.63) is 0 Å². The van der Waals surface area contributed by atoms with Crippen molar-refractivity contribution in [3.8, 4) is 0 Å². The molecule has 2 atom stereocenters. The van der Waals surface area contributed by atoms with Crippen LogP contribution < -0.4 is 10.6 Å². The van der Waals surface area contributed by atoms with Crippen molar-refractivity contribution in [2.24, 2.45) is 0 Å². The van der Waals surface area contributed by atoms with Crippen LogP contribution in [-0.2, 0) is 9.53 Å². The highest BCUT2D eigenvalue weighted by atomic mass is 16.5. The molecule has 3 heterocycles. The first-order valence-corrected chi connectivity index (χ1v) is 7.95. The molecule has 3 aliphatic rings. The van der Waals surface area contributed by atoms with Crippen molar-refractivity contribution in [1.29, 1.82) is 0 Å².